The van der Waals surface area contributed by atoms with E-state index < -0.39 is 5.97 Å². The van der Waals surface area contributed by atoms with Gasteiger partial charge < -0.3 is 9.67 Å². The van der Waals surface area contributed by atoms with Crippen molar-refractivity contribution in [2.45, 2.75) is 32.0 Å². The molecule has 2 rings (SSSR count). The van der Waals surface area contributed by atoms with Gasteiger partial charge in [-0.15, -0.1) is 0 Å². The quantitative estimate of drug-likeness (QED) is 0.828. The number of pyridine rings is 1. The van der Waals surface area contributed by atoms with E-state index in [-0.39, 0.29) is 5.75 Å². The van der Waals surface area contributed by atoms with Crippen molar-refractivity contribution in [2.75, 3.05) is 5.75 Å². The monoisotopic (exact) mass is 291 g/mol. The number of rotatable bonds is 6. The third-order valence-corrected chi connectivity index (χ3v) is 3.99. The first kappa shape index (κ1) is 14.6. The van der Waals surface area contributed by atoms with Crippen LogP contribution in [0.25, 0.3) is 0 Å². The molecule has 0 fully saturated rings. The van der Waals surface area contributed by atoms with Crippen molar-refractivity contribution >= 4 is 17.7 Å². The zero-order valence-corrected chi connectivity index (χ0v) is 12.4. The van der Waals surface area contributed by atoms with Crippen molar-refractivity contribution in [2.24, 2.45) is 0 Å². The molecule has 106 valence electrons. The van der Waals surface area contributed by atoms with Crippen LogP contribution >= 0.6 is 11.8 Å². The van der Waals surface area contributed by atoms with E-state index in [4.69, 9.17) is 5.11 Å². The van der Waals surface area contributed by atoms with Gasteiger partial charge in [0.25, 0.3) is 0 Å². The largest absolute Gasteiger partial charge is 0.481 e. The van der Waals surface area contributed by atoms with Gasteiger partial charge in [0, 0.05) is 18.1 Å². The van der Waals surface area contributed by atoms with Gasteiger partial charge in [-0.2, -0.15) is 0 Å². The highest BCUT2D eigenvalue weighted by molar-refractivity contribution is 7.99. The summed E-state index contributed by atoms with van der Waals surface area (Å²) in [5, 5.41) is 9.49. The second-order valence-electron chi connectivity index (χ2n) is 4.41. The molecule has 0 amide bonds. The maximum atomic E-state index is 10.7. The molecule has 0 unspecified atom stereocenters. The zero-order valence-electron chi connectivity index (χ0n) is 11.5. The highest BCUT2D eigenvalue weighted by Gasteiger charge is 2.12. The highest BCUT2D eigenvalue weighted by atomic mass is 32.2. The minimum Gasteiger partial charge on any atom is -0.481 e. The van der Waals surface area contributed by atoms with E-state index in [0.717, 1.165) is 23.0 Å². The molecule has 2 heterocycles. The maximum absolute atomic E-state index is 10.7. The predicted octanol–water partition coefficient (Wildman–Crippen LogP) is 2.37. The number of carbonyl (C=O) groups is 1. The highest BCUT2D eigenvalue weighted by Crippen LogP contribution is 2.20. The van der Waals surface area contributed by atoms with Crippen LogP contribution in [0.3, 0.4) is 0 Å². The second-order valence-corrected chi connectivity index (χ2v) is 5.36. The minimum atomic E-state index is -0.839. The van der Waals surface area contributed by atoms with E-state index in [1.165, 1.54) is 17.3 Å². The lowest BCUT2D eigenvalue weighted by Gasteiger charge is -2.11. The molecular weight excluding hydrogens is 274 g/mol. The standard InChI is InChI=1S/C14H17N3O2S/c1-3-11-5-4-6-15-12(11)8-17-10(2)7-16-14(17)20-9-13(18)19/h4-7H,3,8-9H2,1-2H3,(H,18,19). The van der Waals surface area contributed by atoms with Crippen molar-refractivity contribution < 1.29 is 9.90 Å². The van der Waals surface area contributed by atoms with Gasteiger partial charge in [-0.3, -0.25) is 9.78 Å². The Morgan fingerprint density at radius 1 is 1.45 bits per heavy atom. The SMILES string of the molecule is CCc1cccnc1Cn1c(C)cnc1SCC(=O)O. The predicted molar refractivity (Wildman–Crippen MR) is 78.0 cm³/mol. The number of hydrogen-bond donors (Lipinski definition) is 1. The Morgan fingerprint density at radius 2 is 2.25 bits per heavy atom. The van der Waals surface area contributed by atoms with E-state index in [1.54, 1.807) is 12.4 Å². The van der Waals surface area contributed by atoms with Crippen molar-refractivity contribution in [1.29, 1.82) is 0 Å². The summed E-state index contributed by atoms with van der Waals surface area (Å²) in [7, 11) is 0. The van der Waals surface area contributed by atoms with Crippen LogP contribution < -0.4 is 0 Å². The molecular formula is C14H17N3O2S. The molecule has 1 N–H and O–H groups in total. The summed E-state index contributed by atoms with van der Waals surface area (Å²) >= 11 is 1.23. The Bertz CT molecular complexity index is 610. The van der Waals surface area contributed by atoms with E-state index in [0.29, 0.717) is 6.54 Å². The summed E-state index contributed by atoms with van der Waals surface area (Å²) in [6, 6.07) is 4.00. The number of hydrogen-bond acceptors (Lipinski definition) is 4. The number of aliphatic carboxylic acids is 1. The van der Waals surface area contributed by atoms with Crippen molar-refractivity contribution in [1.82, 2.24) is 14.5 Å². The van der Waals surface area contributed by atoms with Gasteiger partial charge in [0.05, 0.1) is 18.0 Å². The molecule has 0 aliphatic rings. The molecule has 2 aromatic heterocycles. The van der Waals surface area contributed by atoms with Crippen LogP contribution in [0.5, 0.6) is 0 Å². The molecule has 0 aromatic carbocycles. The molecule has 6 heteroatoms. The summed E-state index contributed by atoms with van der Waals surface area (Å²) in [5.41, 5.74) is 3.22. The molecule has 0 saturated heterocycles. The van der Waals surface area contributed by atoms with Crippen LogP contribution in [0.1, 0.15) is 23.9 Å². The van der Waals surface area contributed by atoms with Gasteiger partial charge in [0.2, 0.25) is 0 Å². The Labute approximate surface area is 122 Å². The van der Waals surface area contributed by atoms with Crippen LogP contribution in [-0.4, -0.2) is 31.4 Å². The first-order valence-electron chi connectivity index (χ1n) is 6.41. The number of aromatic nitrogens is 3. The molecule has 20 heavy (non-hydrogen) atoms. The number of thioether (sulfide) groups is 1. The Balaban J connectivity index is 2.24. The molecule has 0 spiro atoms. The van der Waals surface area contributed by atoms with Crippen LogP contribution in [-0.2, 0) is 17.8 Å². The summed E-state index contributed by atoms with van der Waals surface area (Å²) < 4.78 is 2.01. The second kappa shape index (κ2) is 6.56. The normalized spacial score (nSPS) is 10.7. The van der Waals surface area contributed by atoms with Crippen molar-refractivity contribution in [3.8, 4) is 0 Å². The van der Waals surface area contributed by atoms with Gasteiger partial charge in [-0.1, -0.05) is 24.8 Å². The van der Waals surface area contributed by atoms with Crippen LogP contribution in [0.4, 0.5) is 0 Å². The third-order valence-electron chi connectivity index (χ3n) is 3.02. The summed E-state index contributed by atoms with van der Waals surface area (Å²) in [4.78, 5) is 19.4. The van der Waals surface area contributed by atoms with Gasteiger partial charge >= 0.3 is 5.97 Å². The lowest BCUT2D eigenvalue weighted by molar-refractivity contribution is -0.133. The van der Waals surface area contributed by atoms with Crippen LogP contribution in [0, 0.1) is 6.92 Å². The fraction of sp³-hybridized carbons (Fsp3) is 0.357. The number of imidazole rings is 1. The van der Waals surface area contributed by atoms with E-state index in [2.05, 4.69) is 23.0 Å². The molecule has 0 atom stereocenters. The fourth-order valence-electron chi connectivity index (χ4n) is 1.96. The Hall–Kier alpha value is -1.82. The summed E-state index contributed by atoms with van der Waals surface area (Å²) in [6.07, 6.45) is 4.47. The summed E-state index contributed by atoms with van der Waals surface area (Å²) in [6.45, 7) is 4.69. The maximum Gasteiger partial charge on any atom is 0.313 e. The minimum absolute atomic E-state index is 0.0132. The van der Waals surface area contributed by atoms with Gasteiger partial charge in [0.15, 0.2) is 5.16 Å². The van der Waals surface area contributed by atoms with E-state index in [9.17, 15) is 4.79 Å². The van der Waals surface area contributed by atoms with Crippen LogP contribution in [0.2, 0.25) is 0 Å². The smallest absolute Gasteiger partial charge is 0.313 e. The average Bonchev–Trinajstić information content (AvgIpc) is 2.78. The Morgan fingerprint density at radius 3 is 2.95 bits per heavy atom. The lowest BCUT2D eigenvalue weighted by Crippen LogP contribution is -2.09. The van der Waals surface area contributed by atoms with E-state index in [1.807, 2.05) is 17.6 Å². The average molecular weight is 291 g/mol. The molecule has 5 nitrogen and oxygen atoms in total. The first-order valence-corrected chi connectivity index (χ1v) is 7.39. The van der Waals surface area contributed by atoms with Gasteiger partial charge in [-0.25, -0.2) is 4.98 Å². The van der Waals surface area contributed by atoms with Crippen molar-refractivity contribution in [3.63, 3.8) is 0 Å². The molecule has 0 aliphatic carbocycles. The van der Waals surface area contributed by atoms with Gasteiger partial charge in [0.1, 0.15) is 0 Å². The lowest BCUT2D eigenvalue weighted by atomic mass is 10.1. The summed E-state index contributed by atoms with van der Waals surface area (Å²) in [5.74, 6) is -0.825. The molecule has 0 saturated carbocycles. The fourth-order valence-corrected chi connectivity index (χ4v) is 2.70. The molecule has 0 bridgehead atoms. The third kappa shape index (κ3) is 3.39. The first-order chi connectivity index (χ1) is 9.61. The van der Waals surface area contributed by atoms with E-state index >= 15 is 0 Å². The number of carboxylic acid groups (broad SMARTS) is 1. The number of nitrogens with zero attached hydrogens (tertiary/aromatic N) is 3. The Kier molecular flexibility index (Phi) is 4.79. The zero-order chi connectivity index (χ0) is 14.5. The van der Waals surface area contributed by atoms with Crippen LogP contribution in [0.15, 0.2) is 29.7 Å². The van der Waals surface area contributed by atoms with Gasteiger partial charge in [-0.05, 0) is 25.0 Å². The number of carboxylic acids is 1. The molecule has 0 aliphatic heterocycles. The van der Waals surface area contributed by atoms with Crippen molar-refractivity contribution in [3.05, 3.63) is 41.5 Å². The number of aryl methyl sites for hydroxylation is 2. The topological polar surface area (TPSA) is 68.0 Å². The molecule has 0 radical (unpaired) electrons. The molecule has 2 aromatic rings.